The van der Waals surface area contributed by atoms with Gasteiger partial charge in [0.25, 0.3) is 0 Å². The molecule has 6 heteroatoms. The molecule has 0 aliphatic carbocycles. The predicted molar refractivity (Wildman–Crippen MR) is 115 cm³/mol. The molecular weight excluding hydrogens is 385 g/mol. The molecule has 0 aliphatic heterocycles. The van der Waals surface area contributed by atoms with E-state index in [1.807, 2.05) is 38.1 Å². The van der Waals surface area contributed by atoms with Gasteiger partial charge in [0.2, 0.25) is 0 Å². The van der Waals surface area contributed by atoms with Crippen molar-refractivity contribution in [1.82, 2.24) is 5.32 Å². The Morgan fingerprint density at radius 2 is 1.73 bits per heavy atom. The first-order valence-corrected chi connectivity index (χ1v) is 10.0. The average molecular weight is 416 g/mol. The SMILES string of the molecule is CCOC(=O)CC(NC(=O)OC(C)(C)C)c1cc(-c2ccccc2C)c(C)cc1F. The minimum atomic E-state index is -0.928. The molecule has 2 rings (SSSR count). The van der Waals surface area contributed by atoms with E-state index >= 15 is 0 Å². The Bertz CT molecular complexity index is 918. The first-order valence-electron chi connectivity index (χ1n) is 10.0. The molecule has 0 saturated carbocycles. The molecular formula is C24H30FNO4. The number of hydrogen-bond donors (Lipinski definition) is 1. The van der Waals surface area contributed by atoms with Crippen LogP contribution in [0.4, 0.5) is 9.18 Å². The molecule has 162 valence electrons. The highest BCUT2D eigenvalue weighted by molar-refractivity contribution is 5.75. The third kappa shape index (κ3) is 6.31. The summed E-state index contributed by atoms with van der Waals surface area (Å²) >= 11 is 0. The van der Waals surface area contributed by atoms with Crippen molar-refractivity contribution in [2.24, 2.45) is 0 Å². The summed E-state index contributed by atoms with van der Waals surface area (Å²) in [5.74, 6) is -1.04. The number of halogens is 1. The zero-order valence-corrected chi connectivity index (χ0v) is 18.5. The van der Waals surface area contributed by atoms with E-state index in [1.165, 1.54) is 6.07 Å². The van der Waals surface area contributed by atoms with E-state index in [0.29, 0.717) is 0 Å². The number of hydrogen-bond acceptors (Lipinski definition) is 4. The summed E-state index contributed by atoms with van der Waals surface area (Å²) < 4.78 is 25.3. The first kappa shape index (κ1) is 23.4. The van der Waals surface area contributed by atoms with E-state index in [1.54, 1.807) is 33.8 Å². The van der Waals surface area contributed by atoms with Crippen LogP contribution >= 0.6 is 0 Å². The van der Waals surface area contributed by atoms with Gasteiger partial charge in [-0.15, -0.1) is 0 Å². The predicted octanol–water partition coefficient (Wildman–Crippen LogP) is 5.63. The fourth-order valence-corrected chi connectivity index (χ4v) is 3.20. The lowest BCUT2D eigenvalue weighted by Crippen LogP contribution is -2.36. The summed E-state index contributed by atoms with van der Waals surface area (Å²) in [5, 5.41) is 2.63. The van der Waals surface area contributed by atoms with Crippen LogP contribution in [0, 0.1) is 19.7 Å². The van der Waals surface area contributed by atoms with Crippen LogP contribution in [-0.4, -0.2) is 24.3 Å². The molecule has 2 aromatic carbocycles. The van der Waals surface area contributed by atoms with Crippen molar-refractivity contribution in [3.8, 4) is 11.1 Å². The van der Waals surface area contributed by atoms with Gasteiger partial charge in [0.05, 0.1) is 19.1 Å². The van der Waals surface area contributed by atoms with E-state index < -0.39 is 29.5 Å². The zero-order chi connectivity index (χ0) is 22.5. The number of amides is 1. The number of esters is 1. The maximum Gasteiger partial charge on any atom is 0.408 e. The van der Waals surface area contributed by atoms with Crippen LogP contribution < -0.4 is 5.32 Å². The average Bonchev–Trinajstić information content (AvgIpc) is 2.61. The quantitative estimate of drug-likeness (QED) is 0.621. The van der Waals surface area contributed by atoms with E-state index in [4.69, 9.17) is 9.47 Å². The van der Waals surface area contributed by atoms with Gasteiger partial charge in [-0.05, 0) is 75.9 Å². The molecule has 0 spiro atoms. The van der Waals surface area contributed by atoms with Crippen LogP contribution in [0.3, 0.4) is 0 Å². The lowest BCUT2D eigenvalue weighted by Gasteiger charge is -2.24. The van der Waals surface area contributed by atoms with Crippen LogP contribution in [0.15, 0.2) is 36.4 Å². The number of rotatable bonds is 6. The maximum absolute atomic E-state index is 15.0. The fourth-order valence-electron chi connectivity index (χ4n) is 3.20. The minimum Gasteiger partial charge on any atom is -0.466 e. The molecule has 0 aromatic heterocycles. The molecule has 0 fully saturated rings. The smallest absolute Gasteiger partial charge is 0.408 e. The molecule has 1 unspecified atom stereocenters. The number of benzene rings is 2. The summed E-state index contributed by atoms with van der Waals surface area (Å²) in [6, 6.07) is 9.97. The van der Waals surface area contributed by atoms with Crippen molar-refractivity contribution in [2.75, 3.05) is 6.61 Å². The highest BCUT2D eigenvalue weighted by Gasteiger charge is 2.26. The Morgan fingerprint density at radius 3 is 2.33 bits per heavy atom. The topological polar surface area (TPSA) is 64.6 Å². The van der Waals surface area contributed by atoms with E-state index in [0.717, 1.165) is 22.3 Å². The van der Waals surface area contributed by atoms with E-state index in [9.17, 15) is 14.0 Å². The summed E-state index contributed by atoms with van der Waals surface area (Å²) in [6.07, 6.45) is -0.936. The van der Waals surface area contributed by atoms with Crippen LogP contribution in [0.1, 0.15) is 56.8 Å². The molecule has 0 aliphatic rings. The highest BCUT2D eigenvalue weighted by atomic mass is 19.1. The number of alkyl carbamates (subject to hydrolysis) is 1. The second-order valence-corrected chi connectivity index (χ2v) is 8.21. The fraction of sp³-hybridized carbons (Fsp3) is 0.417. The van der Waals surface area contributed by atoms with E-state index in [2.05, 4.69) is 5.32 Å². The van der Waals surface area contributed by atoms with Gasteiger partial charge in [-0.3, -0.25) is 4.79 Å². The molecule has 0 saturated heterocycles. The van der Waals surface area contributed by atoms with Gasteiger partial charge in [0.1, 0.15) is 11.4 Å². The number of carbonyl (C=O) groups excluding carboxylic acids is 2. The van der Waals surface area contributed by atoms with Crippen LogP contribution in [0.5, 0.6) is 0 Å². The Hall–Kier alpha value is -2.89. The Kier molecular flexibility index (Phi) is 7.59. The van der Waals surface area contributed by atoms with Gasteiger partial charge < -0.3 is 14.8 Å². The third-order valence-corrected chi connectivity index (χ3v) is 4.52. The largest absolute Gasteiger partial charge is 0.466 e. The van der Waals surface area contributed by atoms with Gasteiger partial charge in [0.15, 0.2) is 0 Å². The Labute approximate surface area is 177 Å². The first-order chi connectivity index (χ1) is 14.0. The van der Waals surface area contributed by atoms with Crippen LogP contribution in [-0.2, 0) is 14.3 Å². The van der Waals surface area contributed by atoms with Gasteiger partial charge in [-0.2, -0.15) is 0 Å². The monoisotopic (exact) mass is 415 g/mol. The van der Waals surface area contributed by atoms with Gasteiger partial charge in [-0.25, -0.2) is 9.18 Å². The summed E-state index contributed by atoms with van der Waals surface area (Å²) in [4.78, 5) is 24.5. The number of nitrogens with one attached hydrogen (secondary N) is 1. The van der Waals surface area contributed by atoms with Crippen molar-refractivity contribution in [2.45, 2.75) is 59.6 Å². The second kappa shape index (κ2) is 9.74. The van der Waals surface area contributed by atoms with Crippen LogP contribution in [0.2, 0.25) is 0 Å². The van der Waals surface area contributed by atoms with Crippen molar-refractivity contribution >= 4 is 12.1 Å². The van der Waals surface area contributed by atoms with Gasteiger partial charge in [0, 0.05) is 5.56 Å². The molecule has 1 amide bonds. The standard InChI is InChI=1S/C24H30FNO4/c1-7-29-22(27)14-21(26-23(28)30-24(4,5)6)19-13-18(16(3)12-20(19)25)17-11-9-8-10-15(17)2/h8-13,21H,7,14H2,1-6H3,(H,26,28). The number of carbonyl (C=O) groups is 2. The molecule has 1 N–H and O–H groups in total. The van der Waals surface area contributed by atoms with Crippen molar-refractivity contribution in [3.63, 3.8) is 0 Å². The molecule has 2 aromatic rings. The molecule has 0 heterocycles. The highest BCUT2D eigenvalue weighted by Crippen LogP contribution is 2.32. The lowest BCUT2D eigenvalue weighted by atomic mass is 9.92. The molecule has 0 radical (unpaired) electrons. The minimum absolute atomic E-state index is 0.197. The van der Waals surface area contributed by atoms with Crippen molar-refractivity contribution in [3.05, 3.63) is 58.9 Å². The summed E-state index contributed by atoms with van der Waals surface area (Å²) in [5.41, 5.74) is 3.08. The van der Waals surface area contributed by atoms with Gasteiger partial charge in [-0.1, -0.05) is 24.3 Å². The molecule has 1 atom stereocenters. The van der Waals surface area contributed by atoms with Crippen molar-refractivity contribution in [1.29, 1.82) is 0 Å². The lowest BCUT2D eigenvalue weighted by molar-refractivity contribution is -0.143. The third-order valence-electron chi connectivity index (χ3n) is 4.52. The molecule has 30 heavy (non-hydrogen) atoms. The molecule has 0 bridgehead atoms. The Balaban J connectivity index is 2.48. The van der Waals surface area contributed by atoms with E-state index in [-0.39, 0.29) is 18.6 Å². The van der Waals surface area contributed by atoms with Crippen molar-refractivity contribution < 1.29 is 23.5 Å². The number of aryl methyl sites for hydroxylation is 2. The normalized spacial score (nSPS) is 12.2. The Morgan fingerprint density at radius 1 is 1.07 bits per heavy atom. The van der Waals surface area contributed by atoms with Gasteiger partial charge >= 0.3 is 12.1 Å². The molecule has 5 nitrogen and oxygen atoms in total. The van der Waals surface area contributed by atoms with Crippen LogP contribution in [0.25, 0.3) is 11.1 Å². The summed E-state index contributed by atoms with van der Waals surface area (Å²) in [6.45, 7) is 10.9. The zero-order valence-electron chi connectivity index (χ0n) is 18.5. The number of ether oxygens (including phenoxy) is 2. The summed E-state index contributed by atoms with van der Waals surface area (Å²) in [7, 11) is 0. The maximum atomic E-state index is 15.0. The second-order valence-electron chi connectivity index (χ2n) is 8.21.